The summed E-state index contributed by atoms with van der Waals surface area (Å²) in [6, 6.07) is 20.2. The van der Waals surface area contributed by atoms with Crippen molar-refractivity contribution in [3.05, 3.63) is 66.2 Å². The van der Waals surface area contributed by atoms with Crippen LogP contribution in [0.15, 0.2) is 60.7 Å². The van der Waals surface area contributed by atoms with Gasteiger partial charge in [-0.15, -0.1) is 0 Å². The molecule has 0 bridgehead atoms. The molecule has 1 amide bonds. The van der Waals surface area contributed by atoms with E-state index in [-0.39, 0.29) is 17.9 Å². The van der Waals surface area contributed by atoms with Gasteiger partial charge in [-0.2, -0.15) is 0 Å². The number of hydrogen-bond acceptors (Lipinski definition) is 3. The smallest absolute Gasteiger partial charge is 0.242 e. The van der Waals surface area contributed by atoms with Gasteiger partial charge in [0.25, 0.3) is 0 Å². The van der Waals surface area contributed by atoms with Crippen LogP contribution in [0.5, 0.6) is 0 Å². The molecular formula is C19H23N3O. The minimum atomic E-state index is 0.00313. The van der Waals surface area contributed by atoms with Gasteiger partial charge in [-0.25, -0.2) is 0 Å². The average Bonchev–Trinajstić information content (AvgIpc) is 2.98. The van der Waals surface area contributed by atoms with Crippen LogP contribution >= 0.6 is 0 Å². The Kier molecular flexibility index (Phi) is 4.63. The Morgan fingerprint density at radius 3 is 2.35 bits per heavy atom. The van der Waals surface area contributed by atoms with Crippen molar-refractivity contribution in [1.29, 1.82) is 0 Å². The van der Waals surface area contributed by atoms with E-state index in [1.807, 2.05) is 65.4 Å². The minimum Gasteiger partial charge on any atom is -0.365 e. The van der Waals surface area contributed by atoms with Crippen molar-refractivity contribution in [2.45, 2.75) is 12.0 Å². The van der Waals surface area contributed by atoms with Crippen LogP contribution in [0, 0.1) is 0 Å². The predicted molar refractivity (Wildman–Crippen MR) is 93.5 cm³/mol. The molecule has 23 heavy (non-hydrogen) atoms. The maximum absolute atomic E-state index is 12.6. The summed E-state index contributed by atoms with van der Waals surface area (Å²) in [6.07, 6.45) is 0. The summed E-state index contributed by atoms with van der Waals surface area (Å²) in [5.74, 6) is 0.354. The van der Waals surface area contributed by atoms with Gasteiger partial charge in [0.2, 0.25) is 5.91 Å². The van der Waals surface area contributed by atoms with Crippen LogP contribution in [-0.2, 0) is 4.79 Å². The molecular weight excluding hydrogens is 286 g/mol. The molecule has 2 N–H and O–H groups in total. The maximum Gasteiger partial charge on any atom is 0.242 e. The maximum atomic E-state index is 12.6. The molecule has 0 radical (unpaired) electrons. The second kappa shape index (κ2) is 6.84. The van der Waals surface area contributed by atoms with Crippen molar-refractivity contribution in [3.8, 4) is 0 Å². The van der Waals surface area contributed by atoms with Crippen molar-refractivity contribution < 1.29 is 4.79 Å². The number of carbonyl (C=O) groups is 1. The van der Waals surface area contributed by atoms with E-state index in [4.69, 9.17) is 5.73 Å². The van der Waals surface area contributed by atoms with Crippen molar-refractivity contribution in [3.63, 3.8) is 0 Å². The van der Waals surface area contributed by atoms with Crippen molar-refractivity contribution in [2.75, 3.05) is 31.6 Å². The third-order valence-electron chi connectivity index (χ3n) is 4.51. The van der Waals surface area contributed by atoms with E-state index in [0.717, 1.165) is 5.69 Å². The monoisotopic (exact) mass is 309 g/mol. The molecule has 1 saturated heterocycles. The molecule has 1 heterocycles. The molecule has 0 saturated carbocycles. The number of amides is 1. The number of para-hydroxylation sites is 1. The number of hydrogen-bond donors (Lipinski definition) is 1. The predicted octanol–water partition coefficient (Wildman–Crippen LogP) is 2.08. The number of likely N-dealkylation sites (tertiary alicyclic amines) is 1. The lowest BCUT2D eigenvalue weighted by Crippen LogP contribution is -2.39. The Balaban J connectivity index is 1.63. The fourth-order valence-corrected chi connectivity index (χ4v) is 3.16. The number of rotatable bonds is 4. The topological polar surface area (TPSA) is 49.6 Å². The van der Waals surface area contributed by atoms with Gasteiger partial charge in [0.15, 0.2) is 0 Å². The Morgan fingerprint density at radius 1 is 1.09 bits per heavy atom. The lowest BCUT2D eigenvalue weighted by atomic mass is 9.95. The second-order valence-electron chi connectivity index (χ2n) is 6.17. The molecule has 1 fully saturated rings. The van der Waals surface area contributed by atoms with Crippen LogP contribution in [0.1, 0.15) is 11.5 Å². The van der Waals surface area contributed by atoms with Gasteiger partial charge < -0.3 is 15.5 Å². The van der Waals surface area contributed by atoms with Crippen molar-refractivity contribution in [2.24, 2.45) is 5.73 Å². The summed E-state index contributed by atoms with van der Waals surface area (Å²) in [5.41, 5.74) is 8.53. The molecule has 0 aliphatic carbocycles. The summed E-state index contributed by atoms with van der Waals surface area (Å²) in [7, 11) is 1.94. The van der Waals surface area contributed by atoms with Crippen molar-refractivity contribution >= 4 is 11.6 Å². The van der Waals surface area contributed by atoms with Crippen LogP contribution in [0.4, 0.5) is 5.69 Å². The summed E-state index contributed by atoms with van der Waals surface area (Å²) in [5, 5.41) is 0. The van der Waals surface area contributed by atoms with E-state index in [0.29, 0.717) is 19.6 Å². The van der Waals surface area contributed by atoms with E-state index in [2.05, 4.69) is 12.1 Å². The van der Waals surface area contributed by atoms with Gasteiger partial charge in [0.1, 0.15) is 0 Å². The van der Waals surface area contributed by atoms with Gasteiger partial charge in [-0.3, -0.25) is 4.79 Å². The Hall–Kier alpha value is -2.33. The summed E-state index contributed by atoms with van der Waals surface area (Å²) in [6.45, 7) is 1.70. The molecule has 4 nitrogen and oxygen atoms in total. The van der Waals surface area contributed by atoms with E-state index >= 15 is 0 Å². The molecule has 1 aliphatic heterocycles. The number of nitrogens with zero attached hydrogens (tertiary/aromatic N) is 2. The molecule has 2 aromatic rings. The molecule has 3 rings (SSSR count). The van der Waals surface area contributed by atoms with Gasteiger partial charge in [0, 0.05) is 37.8 Å². The average molecular weight is 309 g/mol. The zero-order valence-electron chi connectivity index (χ0n) is 13.4. The van der Waals surface area contributed by atoms with Crippen LogP contribution in [0.2, 0.25) is 0 Å². The molecule has 0 spiro atoms. The Morgan fingerprint density at radius 2 is 1.70 bits per heavy atom. The van der Waals surface area contributed by atoms with E-state index in [1.165, 1.54) is 5.56 Å². The third kappa shape index (κ3) is 3.54. The van der Waals surface area contributed by atoms with Crippen LogP contribution in [0.3, 0.4) is 0 Å². The SMILES string of the molecule is CN(CC(=O)N1C[C@H](c2ccccc2)[C@@H](N)C1)c1ccccc1. The standard InChI is InChI=1S/C19H23N3O/c1-21(16-10-6-3-7-11-16)14-19(23)22-12-17(18(20)13-22)15-8-4-2-5-9-15/h2-11,17-18H,12-14,20H2,1H3/t17-,18+/m1/s1. The number of benzene rings is 2. The first-order valence-electron chi connectivity index (χ1n) is 7.99. The minimum absolute atomic E-state index is 0.00313. The number of carbonyl (C=O) groups excluding carboxylic acids is 1. The molecule has 1 aliphatic rings. The zero-order chi connectivity index (χ0) is 16.2. The zero-order valence-corrected chi connectivity index (χ0v) is 13.4. The molecule has 2 atom stereocenters. The fraction of sp³-hybridized carbons (Fsp3) is 0.316. The Labute approximate surface area is 137 Å². The second-order valence-corrected chi connectivity index (χ2v) is 6.17. The van der Waals surface area contributed by atoms with Crippen molar-refractivity contribution in [1.82, 2.24) is 4.90 Å². The number of nitrogens with two attached hydrogens (primary N) is 1. The van der Waals surface area contributed by atoms with E-state index in [1.54, 1.807) is 0 Å². The third-order valence-corrected chi connectivity index (χ3v) is 4.51. The first-order valence-corrected chi connectivity index (χ1v) is 7.99. The van der Waals surface area contributed by atoms with Crippen LogP contribution in [-0.4, -0.2) is 43.5 Å². The van der Waals surface area contributed by atoms with Crippen LogP contribution in [0.25, 0.3) is 0 Å². The quantitative estimate of drug-likeness (QED) is 0.941. The summed E-state index contributed by atoms with van der Waals surface area (Å²) < 4.78 is 0. The van der Waals surface area contributed by atoms with E-state index in [9.17, 15) is 4.79 Å². The molecule has 120 valence electrons. The van der Waals surface area contributed by atoms with Gasteiger partial charge in [-0.05, 0) is 17.7 Å². The normalized spacial score (nSPS) is 20.5. The largest absolute Gasteiger partial charge is 0.365 e. The molecule has 0 aromatic heterocycles. The highest BCUT2D eigenvalue weighted by Crippen LogP contribution is 2.26. The summed E-state index contributed by atoms with van der Waals surface area (Å²) in [4.78, 5) is 16.4. The molecule has 4 heteroatoms. The molecule has 2 aromatic carbocycles. The van der Waals surface area contributed by atoms with Gasteiger partial charge >= 0.3 is 0 Å². The first-order chi connectivity index (χ1) is 11.1. The highest BCUT2D eigenvalue weighted by atomic mass is 16.2. The summed E-state index contributed by atoms with van der Waals surface area (Å²) >= 11 is 0. The van der Waals surface area contributed by atoms with Gasteiger partial charge in [-0.1, -0.05) is 48.5 Å². The lowest BCUT2D eigenvalue weighted by Gasteiger charge is -2.23. The molecule has 0 unspecified atom stereocenters. The number of likely N-dealkylation sites (N-methyl/N-ethyl adjacent to an activating group) is 1. The highest BCUT2D eigenvalue weighted by molar-refractivity contribution is 5.81. The first kappa shape index (κ1) is 15.6. The van der Waals surface area contributed by atoms with Crippen LogP contribution < -0.4 is 10.6 Å². The highest BCUT2D eigenvalue weighted by Gasteiger charge is 2.33. The lowest BCUT2D eigenvalue weighted by molar-refractivity contribution is -0.128. The Bertz CT molecular complexity index is 644. The fourth-order valence-electron chi connectivity index (χ4n) is 3.16. The number of anilines is 1. The van der Waals surface area contributed by atoms with Gasteiger partial charge in [0.05, 0.1) is 6.54 Å². The van der Waals surface area contributed by atoms with E-state index < -0.39 is 0 Å².